The molecule has 0 fully saturated rings. The smallest absolute Gasteiger partial charge is 0.299 e. The van der Waals surface area contributed by atoms with Gasteiger partial charge in [0.25, 0.3) is 11.7 Å². The molecule has 0 aliphatic carbocycles. The van der Waals surface area contributed by atoms with Crippen molar-refractivity contribution in [3.05, 3.63) is 29.3 Å². The van der Waals surface area contributed by atoms with Crippen LogP contribution in [-0.2, 0) is 11.2 Å². The van der Waals surface area contributed by atoms with Gasteiger partial charge in [0.15, 0.2) is 0 Å². The Balaban J connectivity index is 2.22. The highest BCUT2D eigenvalue weighted by atomic mass is 16.2. The van der Waals surface area contributed by atoms with Crippen molar-refractivity contribution in [1.29, 1.82) is 0 Å². The second kappa shape index (κ2) is 6.88. The lowest BCUT2D eigenvalue weighted by Gasteiger charge is -2.23. The zero-order valence-electron chi connectivity index (χ0n) is 13.3. The fraction of sp³-hybridized carbons (Fsp3) is 0.556. The molecule has 0 bridgehead atoms. The number of Topliss-reactive ketones (excluding diaryl/α,β-unsaturated/α-hetero) is 1. The minimum Gasteiger partial charge on any atom is -0.304 e. The van der Waals surface area contributed by atoms with Gasteiger partial charge in [0.1, 0.15) is 0 Å². The lowest BCUT2D eigenvalue weighted by Crippen LogP contribution is -2.34. The topological polar surface area (TPSA) is 37.4 Å². The molecule has 1 aromatic carbocycles. The molecular formula is C18H25NO2. The van der Waals surface area contributed by atoms with Crippen molar-refractivity contribution in [2.75, 3.05) is 11.4 Å². The third-order valence-electron chi connectivity index (χ3n) is 4.43. The van der Waals surface area contributed by atoms with Crippen molar-refractivity contribution < 1.29 is 9.59 Å². The summed E-state index contributed by atoms with van der Waals surface area (Å²) in [5.41, 5.74) is 2.50. The molecule has 0 saturated carbocycles. The Morgan fingerprint density at radius 2 is 1.90 bits per heavy atom. The molecule has 1 aliphatic heterocycles. The number of anilines is 1. The van der Waals surface area contributed by atoms with Crippen molar-refractivity contribution in [2.24, 2.45) is 5.92 Å². The lowest BCUT2D eigenvalue weighted by molar-refractivity contribution is -0.114. The summed E-state index contributed by atoms with van der Waals surface area (Å²) in [6.45, 7) is 7.06. The number of unbranched alkanes of at least 4 members (excludes halogenated alkanes) is 1. The molecule has 2 rings (SSSR count). The first-order chi connectivity index (χ1) is 10.1. The van der Waals surface area contributed by atoms with E-state index in [-0.39, 0.29) is 11.7 Å². The van der Waals surface area contributed by atoms with Crippen molar-refractivity contribution >= 4 is 17.4 Å². The van der Waals surface area contributed by atoms with Crippen LogP contribution < -0.4 is 4.90 Å². The van der Waals surface area contributed by atoms with Gasteiger partial charge < -0.3 is 4.90 Å². The molecule has 1 amide bonds. The summed E-state index contributed by atoms with van der Waals surface area (Å²) >= 11 is 0. The quantitative estimate of drug-likeness (QED) is 0.711. The molecule has 0 saturated heterocycles. The number of amides is 1. The second-order valence-corrected chi connectivity index (χ2v) is 5.87. The van der Waals surface area contributed by atoms with Crippen molar-refractivity contribution in [3.8, 4) is 0 Å². The van der Waals surface area contributed by atoms with Crippen LogP contribution in [0.4, 0.5) is 5.69 Å². The summed E-state index contributed by atoms with van der Waals surface area (Å²) in [5, 5.41) is 0. The number of fused-ring (bicyclic) bond motifs is 1. The van der Waals surface area contributed by atoms with Crippen molar-refractivity contribution in [1.82, 2.24) is 0 Å². The Morgan fingerprint density at radius 1 is 1.14 bits per heavy atom. The van der Waals surface area contributed by atoms with Crippen LogP contribution in [0.5, 0.6) is 0 Å². The molecule has 3 nitrogen and oxygen atoms in total. The van der Waals surface area contributed by atoms with Gasteiger partial charge in [-0.05, 0) is 36.5 Å². The fourth-order valence-electron chi connectivity index (χ4n) is 2.92. The number of ketones is 1. The average Bonchev–Trinajstić information content (AvgIpc) is 2.75. The van der Waals surface area contributed by atoms with Crippen LogP contribution in [0.25, 0.3) is 0 Å². The largest absolute Gasteiger partial charge is 0.304 e. The predicted molar refractivity (Wildman–Crippen MR) is 85.8 cm³/mol. The van der Waals surface area contributed by atoms with E-state index in [1.54, 1.807) is 4.90 Å². The molecule has 0 N–H and O–H groups in total. The summed E-state index contributed by atoms with van der Waals surface area (Å²) < 4.78 is 0. The highest BCUT2D eigenvalue weighted by Crippen LogP contribution is 2.31. The van der Waals surface area contributed by atoms with Gasteiger partial charge in [0, 0.05) is 6.54 Å². The van der Waals surface area contributed by atoms with E-state index in [2.05, 4.69) is 20.8 Å². The van der Waals surface area contributed by atoms with Crippen molar-refractivity contribution in [2.45, 2.75) is 52.9 Å². The standard InChI is InChI=1S/C18H25NO2/c1-4-7-8-14(6-3)12-19-16-10-9-13(5-2)11-15(16)17(20)18(19)21/h9-11,14H,4-8,12H2,1-3H3. The molecule has 1 aromatic rings. The summed E-state index contributed by atoms with van der Waals surface area (Å²) in [4.78, 5) is 26.1. The van der Waals surface area contributed by atoms with Gasteiger partial charge in [0.2, 0.25) is 0 Å². The van der Waals surface area contributed by atoms with Gasteiger partial charge in [-0.1, -0.05) is 46.1 Å². The van der Waals surface area contributed by atoms with E-state index < -0.39 is 0 Å². The Labute approximate surface area is 127 Å². The third-order valence-corrected chi connectivity index (χ3v) is 4.43. The van der Waals surface area contributed by atoms with Crippen LogP contribution in [-0.4, -0.2) is 18.2 Å². The Bertz CT molecular complexity index is 536. The van der Waals surface area contributed by atoms with Gasteiger partial charge in [0.05, 0.1) is 11.3 Å². The van der Waals surface area contributed by atoms with E-state index >= 15 is 0 Å². The number of aryl methyl sites for hydroxylation is 1. The number of hydrogen-bond acceptors (Lipinski definition) is 2. The van der Waals surface area contributed by atoms with E-state index in [0.717, 1.165) is 30.5 Å². The monoisotopic (exact) mass is 287 g/mol. The maximum Gasteiger partial charge on any atom is 0.299 e. The summed E-state index contributed by atoms with van der Waals surface area (Å²) in [6.07, 6.45) is 5.38. The van der Waals surface area contributed by atoms with Crippen molar-refractivity contribution in [3.63, 3.8) is 0 Å². The molecule has 0 radical (unpaired) electrons. The zero-order valence-corrected chi connectivity index (χ0v) is 13.3. The molecule has 114 valence electrons. The average molecular weight is 287 g/mol. The molecule has 3 heteroatoms. The first-order valence-electron chi connectivity index (χ1n) is 8.11. The molecule has 0 spiro atoms. The number of nitrogens with zero attached hydrogens (tertiary/aromatic N) is 1. The van der Waals surface area contributed by atoms with Gasteiger partial charge >= 0.3 is 0 Å². The molecule has 21 heavy (non-hydrogen) atoms. The summed E-state index contributed by atoms with van der Waals surface area (Å²) in [5.74, 6) is -0.225. The summed E-state index contributed by atoms with van der Waals surface area (Å²) in [7, 11) is 0. The van der Waals surface area contributed by atoms with Gasteiger partial charge in [-0.15, -0.1) is 0 Å². The van der Waals surface area contributed by atoms with Crippen LogP contribution in [0.2, 0.25) is 0 Å². The number of carbonyl (C=O) groups excluding carboxylic acids is 2. The number of benzene rings is 1. The Hall–Kier alpha value is -1.64. The number of hydrogen-bond donors (Lipinski definition) is 0. The predicted octanol–water partition coefficient (Wildman–Crippen LogP) is 3.99. The van der Waals surface area contributed by atoms with Gasteiger partial charge in [-0.3, -0.25) is 9.59 Å². The Morgan fingerprint density at radius 3 is 2.52 bits per heavy atom. The zero-order chi connectivity index (χ0) is 15.4. The van der Waals surface area contributed by atoms with E-state index in [1.807, 2.05) is 18.2 Å². The normalized spacial score (nSPS) is 15.5. The van der Waals surface area contributed by atoms with Crippen LogP contribution in [0, 0.1) is 5.92 Å². The van der Waals surface area contributed by atoms with Crippen LogP contribution >= 0.6 is 0 Å². The van der Waals surface area contributed by atoms with E-state index in [9.17, 15) is 9.59 Å². The summed E-state index contributed by atoms with van der Waals surface area (Å²) in [6, 6.07) is 5.83. The molecular weight excluding hydrogens is 262 g/mol. The lowest BCUT2D eigenvalue weighted by atomic mass is 9.98. The minimum absolute atomic E-state index is 0.342. The highest BCUT2D eigenvalue weighted by Gasteiger charge is 2.36. The number of rotatable bonds is 7. The van der Waals surface area contributed by atoms with E-state index in [4.69, 9.17) is 0 Å². The first-order valence-corrected chi connectivity index (χ1v) is 8.11. The fourth-order valence-corrected chi connectivity index (χ4v) is 2.92. The van der Waals surface area contributed by atoms with Gasteiger partial charge in [-0.2, -0.15) is 0 Å². The third kappa shape index (κ3) is 3.17. The van der Waals surface area contributed by atoms with Crippen LogP contribution in [0.3, 0.4) is 0 Å². The SMILES string of the molecule is CCCCC(CC)CN1C(=O)C(=O)c2cc(CC)ccc21. The van der Waals surface area contributed by atoms with Crippen LogP contribution in [0.1, 0.15) is 62.4 Å². The van der Waals surface area contributed by atoms with Crippen LogP contribution in [0.15, 0.2) is 18.2 Å². The van der Waals surface area contributed by atoms with E-state index in [0.29, 0.717) is 18.0 Å². The van der Waals surface area contributed by atoms with Gasteiger partial charge in [-0.25, -0.2) is 0 Å². The second-order valence-electron chi connectivity index (χ2n) is 5.87. The highest BCUT2D eigenvalue weighted by molar-refractivity contribution is 6.52. The molecule has 1 unspecified atom stereocenters. The van der Waals surface area contributed by atoms with E-state index in [1.165, 1.54) is 12.8 Å². The Kier molecular flexibility index (Phi) is 5.16. The first kappa shape index (κ1) is 15.7. The maximum atomic E-state index is 12.3. The molecule has 0 aromatic heterocycles. The number of carbonyl (C=O) groups is 2. The molecule has 1 heterocycles. The molecule has 1 atom stereocenters. The minimum atomic E-state index is -0.354. The molecule has 1 aliphatic rings. The maximum absolute atomic E-state index is 12.3.